The van der Waals surface area contributed by atoms with Gasteiger partial charge in [-0.15, -0.1) is 11.3 Å². The first kappa shape index (κ1) is 19.3. The van der Waals surface area contributed by atoms with Crippen LogP contribution in [0.25, 0.3) is 10.2 Å². The molecule has 0 radical (unpaired) electrons. The van der Waals surface area contributed by atoms with E-state index in [-0.39, 0.29) is 17.6 Å². The third-order valence-electron chi connectivity index (χ3n) is 5.86. The molecule has 8 heteroatoms. The summed E-state index contributed by atoms with van der Waals surface area (Å²) in [5, 5.41) is 0.712. The predicted molar refractivity (Wildman–Crippen MR) is 114 cm³/mol. The molecule has 0 saturated carbocycles. The van der Waals surface area contributed by atoms with E-state index < -0.39 is 0 Å². The number of aromatic nitrogens is 2. The Morgan fingerprint density at radius 1 is 1.40 bits per heavy atom. The van der Waals surface area contributed by atoms with Gasteiger partial charge in [0, 0.05) is 23.6 Å². The molecule has 30 heavy (non-hydrogen) atoms. The maximum Gasteiger partial charge on any atom is 0.262 e. The zero-order chi connectivity index (χ0) is 20.7. The van der Waals surface area contributed by atoms with Crippen molar-refractivity contribution in [2.45, 2.75) is 38.5 Å². The van der Waals surface area contributed by atoms with Gasteiger partial charge in [-0.2, -0.15) is 0 Å². The summed E-state index contributed by atoms with van der Waals surface area (Å²) in [5.41, 5.74) is 1.65. The molecule has 1 atom stereocenters. The molecule has 0 N–H and O–H groups in total. The van der Waals surface area contributed by atoms with Crippen molar-refractivity contribution >= 4 is 27.5 Å². The van der Waals surface area contributed by atoms with E-state index in [1.807, 2.05) is 17.0 Å². The molecule has 0 aliphatic carbocycles. The number of amides is 1. The number of ether oxygens (including phenoxy) is 2. The van der Waals surface area contributed by atoms with E-state index in [1.165, 1.54) is 11.3 Å². The second kappa shape index (κ2) is 7.85. The van der Waals surface area contributed by atoms with Gasteiger partial charge in [0.15, 0.2) is 0 Å². The van der Waals surface area contributed by atoms with Crippen molar-refractivity contribution < 1.29 is 14.3 Å². The molecular weight excluding hydrogens is 402 g/mol. The Kier molecular flexibility index (Phi) is 5.04. The van der Waals surface area contributed by atoms with Crippen LogP contribution < -0.4 is 10.3 Å². The number of thiophene rings is 1. The minimum absolute atomic E-state index is 0.000530. The molecule has 1 aromatic carbocycles. The summed E-state index contributed by atoms with van der Waals surface area (Å²) in [7, 11) is 1.59. The van der Waals surface area contributed by atoms with Gasteiger partial charge in [-0.1, -0.05) is 6.07 Å². The van der Waals surface area contributed by atoms with Crippen LogP contribution in [0.5, 0.6) is 5.75 Å². The molecule has 1 fully saturated rings. The van der Waals surface area contributed by atoms with Gasteiger partial charge in [-0.05, 0) is 43.0 Å². The fourth-order valence-corrected chi connectivity index (χ4v) is 5.46. The van der Waals surface area contributed by atoms with Crippen LogP contribution in [-0.4, -0.2) is 46.7 Å². The Hall–Kier alpha value is -2.71. The van der Waals surface area contributed by atoms with Crippen LogP contribution in [0.2, 0.25) is 0 Å². The predicted octanol–water partition coefficient (Wildman–Crippen LogP) is 2.84. The SMILES string of the molecule is COc1cccc(C(=O)N2CCc3c(sc4ncn(CC5CCCO5)c(=O)c34)C2)c1. The highest BCUT2D eigenvalue weighted by Gasteiger charge is 2.27. The monoisotopic (exact) mass is 425 g/mol. The summed E-state index contributed by atoms with van der Waals surface area (Å²) in [5.74, 6) is 0.636. The number of hydrogen-bond donors (Lipinski definition) is 0. The van der Waals surface area contributed by atoms with Crippen molar-refractivity contribution in [3.63, 3.8) is 0 Å². The van der Waals surface area contributed by atoms with Gasteiger partial charge >= 0.3 is 0 Å². The van der Waals surface area contributed by atoms with E-state index in [0.29, 0.717) is 42.8 Å². The molecule has 3 aromatic rings. The quantitative estimate of drug-likeness (QED) is 0.643. The molecule has 0 spiro atoms. The highest BCUT2D eigenvalue weighted by molar-refractivity contribution is 7.18. The van der Waals surface area contributed by atoms with Crippen LogP contribution in [0.1, 0.15) is 33.6 Å². The van der Waals surface area contributed by atoms with E-state index in [2.05, 4.69) is 4.98 Å². The number of carbonyl (C=O) groups excluding carboxylic acids is 1. The van der Waals surface area contributed by atoms with E-state index >= 15 is 0 Å². The Labute approximate surface area is 177 Å². The van der Waals surface area contributed by atoms with Crippen LogP contribution in [0, 0.1) is 0 Å². The summed E-state index contributed by atoms with van der Waals surface area (Å²) in [4.78, 5) is 34.3. The lowest BCUT2D eigenvalue weighted by atomic mass is 10.0. The first-order valence-corrected chi connectivity index (χ1v) is 11.0. The molecule has 7 nitrogen and oxygen atoms in total. The van der Waals surface area contributed by atoms with Crippen molar-refractivity contribution in [1.29, 1.82) is 0 Å². The van der Waals surface area contributed by atoms with E-state index in [9.17, 15) is 9.59 Å². The minimum Gasteiger partial charge on any atom is -0.497 e. The van der Waals surface area contributed by atoms with Gasteiger partial charge in [0.1, 0.15) is 10.6 Å². The lowest BCUT2D eigenvalue weighted by Gasteiger charge is -2.27. The molecule has 1 amide bonds. The van der Waals surface area contributed by atoms with Crippen molar-refractivity contribution in [1.82, 2.24) is 14.5 Å². The van der Waals surface area contributed by atoms with E-state index in [4.69, 9.17) is 9.47 Å². The second-order valence-electron chi connectivity index (χ2n) is 7.73. The minimum atomic E-state index is -0.0271. The smallest absolute Gasteiger partial charge is 0.262 e. The largest absolute Gasteiger partial charge is 0.497 e. The van der Waals surface area contributed by atoms with Crippen LogP contribution in [0.4, 0.5) is 0 Å². The van der Waals surface area contributed by atoms with Gasteiger partial charge in [-0.3, -0.25) is 14.2 Å². The number of nitrogens with zero attached hydrogens (tertiary/aromatic N) is 3. The molecule has 4 heterocycles. The van der Waals surface area contributed by atoms with Gasteiger partial charge in [0.05, 0.1) is 38.0 Å². The van der Waals surface area contributed by atoms with Crippen molar-refractivity contribution in [3.8, 4) is 5.75 Å². The highest BCUT2D eigenvalue weighted by Crippen LogP contribution is 2.33. The Morgan fingerprint density at radius 3 is 3.10 bits per heavy atom. The van der Waals surface area contributed by atoms with Gasteiger partial charge < -0.3 is 14.4 Å². The first-order valence-electron chi connectivity index (χ1n) is 10.2. The zero-order valence-electron chi connectivity index (χ0n) is 16.8. The molecule has 156 valence electrons. The third kappa shape index (κ3) is 3.40. The fraction of sp³-hybridized carbons (Fsp3) is 0.409. The Balaban J connectivity index is 1.42. The second-order valence-corrected chi connectivity index (χ2v) is 8.81. The van der Waals surface area contributed by atoms with Gasteiger partial charge in [0.25, 0.3) is 11.5 Å². The highest BCUT2D eigenvalue weighted by atomic mass is 32.1. The maximum absolute atomic E-state index is 13.1. The number of fused-ring (bicyclic) bond motifs is 3. The topological polar surface area (TPSA) is 73.7 Å². The molecule has 1 unspecified atom stereocenters. The van der Waals surface area contributed by atoms with Crippen LogP contribution >= 0.6 is 11.3 Å². The van der Waals surface area contributed by atoms with Crippen molar-refractivity contribution in [2.75, 3.05) is 20.3 Å². The average Bonchev–Trinajstić information content (AvgIpc) is 3.42. The lowest BCUT2D eigenvalue weighted by Crippen LogP contribution is -2.35. The standard InChI is InChI=1S/C22H23N3O4S/c1-28-15-5-2-4-14(10-15)21(26)24-8-7-17-18(12-24)30-20-19(17)22(27)25(13-23-20)11-16-6-3-9-29-16/h2,4-5,10,13,16H,3,6-9,11-12H2,1H3. The lowest BCUT2D eigenvalue weighted by molar-refractivity contribution is 0.0737. The number of hydrogen-bond acceptors (Lipinski definition) is 6. The third-order valence-corrected chi connectivity index (χ3v) is 6.98. The summed E-state index contributed by atoms with van der Waals surface area (Å²) in [6.45, 7) is 2.39. The summed E-state index contributed by atoms with van der Waals surface area (Å²) >= 11 is 1.52. The summed E-state index contributed by atoms with van der Waals surface area (Å²) in [6.07, 6.45) is 4.40. The summed E-state index contributed by atoms with van der Waals surface area (Å²) < 4.78 is 12.6. The maximum atomic E-state index is 13.1. The molecule has 5 rings (SSSR count). The molecule has 2 aliphatic rings. The van der Waals surface area contributed by atoms with Crippen LogP contribution in [0.15, 0.2) is 35.4 Å². The number of rotatable bonds is 4. The van der Waals surface area contributed by atoms with E-state index in [1.54, 1.807) is 30.1 Å². The summed E-state index contributed by atoms with van der Waals surface area (Å²) in [6, 6.07) is 7.20. The van der Waals surface area contributed by atoms with Gasteiger partial charge in [-0.25, -0.2) is 4.98 Å². The van der Waals surface area contributed by atoms with Gasteiger partial charge in [0.2, 0.25) is 0 Å². The number of methoxy groups -OCH3 is 1. The Bertz CT molecular complexity index is 1160. The van der Waals surface area contributed by atoms with E-state index in [0.717, 1.165) is 34.7 Å². The number of benzene rings is 1. The molecular formula is C22H23N3O4S. The van der Waals surface area contributed by atoms with Crippen LogP contribution in [0.3, 0.4) is 0 Å². The zero-order valence-corrected chi connectivity index (χ0v) is 17.6. The fourth-order valence-electron chi connectivity index (χ4n) is 4.27. The average molecular weight is 426 g/mol. The van der Waals surface area contributed by atoms with Crippen LogP contribution in [-0.2, 0) is 24.2 Å². The first-order chi connectivity index (χ1) is 14.6. The van der Waals surface area contributed by atoms with Crippen molar-refractivity contribution in [2.24, 2.45) is 0 Å². The molecule has 2 aliphatic heterocycles. The molecule has 2 aromatic heterocycles. The Morgan fingerprint density at radius 2 is 2.30 bits per heavy atom. The molecule has 1 saturated heterocycles. The molecule has 0 bridgehead atoms. The normalized spacial score (nSPS) is 18.6. The number of carbonyl (C=O) groups is 1. The van der Waals surface area contributed by atoms with Crippen molar-refractivity contribution in [3.05, 3.63) is 57.0 Å².